The van der Waals surface area contributed by atoms with E-state index >= 15 is 0 Å². The number of carboxylic acid groups (broad SMARTS) is 1. The van der Waals surface area contributed by atoms with E-state index in [9.17, 15) is 13.2 Å². The first-order valence-corrected chi connectivity index (χ1v) is 7.82. The second kappa shape index (κ2) is 5.60. The van der Waals surface area contributed by atoms with E-state index in [1.54, 1.807) is 32.9 Å². The molecule has 1 aromatic carbocycles. The Bertz CT molecular complexity index is 578. The van der Waals surface area contributed by atoms with Crippen LogP contribution in [0, 0.1) is 5.41 Å². The predicted molar refractivity (Wildman–Crippen MR) is 75.3 cm³/mol. The van der Waals surface area contributed by atoms with Crippen molar-refractivity contribution in [2.75, 3.05) is 0 Å². The summed E-state index contributed by atoms with van der Waals surface area (Å²) in [5.41, 5.74) is -0.731. The molecule has 2 N–H and O–H groups in total. The molecular formula is C12H16BrNO4S. The first kappa shape index (κ1) is 16.1. The standard InChI is InChI=1S/C12H16BrNO4S/c1-12(2,3)10(11(15)16)14-19(17,18)9-6-4-5-8(13)7-9/h4-7,10,14H,1-3H3,(H,15,16)/t10-/m1/s1. The van der Waals surface area contributed by atoms with Gasteiger partial charge in [0.15, 0.2) is 0 Å². The Morgan fingerprint density at radius 3 is 2.37 bits per heavy atom. The number of carbonyl (C=O) groups is 1. The normalized spacial score (nSPS) is 14.1. The molecule has 0 amide bonds. The van der Waals surface area contributed by atoms with Gasteiger partial charge in [-0.2, -0.15) is 4.72 Å². The van der Waals surface area contributed by atoms with E-state index < -0.39 is 27.4 Å². The van der Waals surface area contributed by atoms with Crippen molar-refractivity contribution in [1.29, 1.82) is 0 Å². The van der Waals surface area contributed by atoms with E-state index in [4.69, 9.17) is 5.11 Å². The van der Waals surface area contributed by atoms with E-state index in [-0.39, 0.29) is 4.90 Å². The van der Waals surface area contributed by atoms with Crippen LogP contribution in [0.4, 0.5) is 0 Å². The quantitative estimate of drug-likeness (QED) is 0.872. The van der Waals surface area contributed by atoms with Gasteiger partial charge in [0.05, 0.1) is 4.90 Å². The van der Waals surface area contributed by atoms with Gasteiger partial charge in [0, 0.05) is 4.47 Å². The summed E-state index contributed by atoms with van der Waals surface area (Å²) >= 11 is 3.18. The SMILES string of the molecule is CC(C)(C)[C@H](NS(=O)(=O)c1cccc(Br)c1)C(=O)O. The second-order valence-electron chi connectivity index (χ2n) is 5.22. The van der Waals surface area contributed by atoms with Gasteiger partial charge in [0.25, 0.3) is 0 Å². The maximum absolute atomic E-state index is 12.2. The molecule has 0 fully saturated rings. The monoisotopic (exact) mass is 349 g/mol. The molecule has 1 rings (SSSR count). The third-order valence-electron chi connectivity index (χ3n) is 2.49. The summed E-state index contributed by atoms with van der Waals surface area (Å²) in [6.07, 6.45) is 0. The highest BCUT2D eigenvalue weighted by atomic mass is 79.9. The van der Waals surface area contributed by atoms with Crippen LogP contribution in [-0.2, 0) is 14.8 Å². The van der Waals surface area contributed by atoms with Gasteiger partial charge in [-0.3, -0.25) is 4.79 Å². The smallest absolute Gasteiger partial charge is 0.322 e. The van der Waals surface area contributed by atoms with Crippen LogP contribution in [0.1, 0.15) is 20.8 Å². The number of halogens is 1. The lowest BCUT2D eigenvalue weighted by Crippen LogP contribution is -2.48. The highest BCUT2D eigenvalue weighted by Gasteiger charge is 2.35. The molecule has 0 saturated carbocycles. The average molecular weight is 350 g/mol. The molecule has 0 spiro atoms. The summed E-state index contributed by atoms with van der Waals surface area (Å²) in [4.78, 5) is 11.2. The van der Waals surface area contributed by atoms with E-state index in [0.29, 0.717) is 4.47 Å². The Hall–Kier alpha value is -0.920. The highest BCUT2D eigenvalue weighted by Crippen LogP contribution is 2.22. The van der Waals surface area contributed by atoms with Gasteiger partial charge in [0.1, 0.15) is 6.04 Å². The summed E-state index contributed by atoms with van der Waals surface area (Å²) in [6, 6.07) is 4.90. The van der Waals surface area contributed by atoms with Gasteiger partial charge in [-0.1, -0.05) is 42.8 Å². The van der Waals surface area contributed by atoms with Crippen molar-refractivity contribution in [3.63, 3.8) is 0 Å². The average Bonchev–Trinajstić information content (AvgIpc) is 2.24. The zero-order valence-corrected chi connectivity index (χ0v) is 13.2. The number of aliphatic carboxylic acids is 1. The van der Waals surface area contributed by atoms with Crippen LogP contribution in [0.5, 0.6) is 0 Å². The Morgan fingerprint density at radius 2 is 1.95 bits per heavy atom. The molecule has 0 aliphatic carbocycles. The maximum Gasteiger partial charge on any atom is 0.322 e. The van der Waals surface area contributed by atoms with Gasteiger partial charge in [-0.05, 0) is 23.6 Å². The van der Waals surface area contributed by atoms with E-state index in [1.807, 2.05) is 0 Å². The van der Waals surface area contributed by atoms with Crippen molar-refractivity contribution < 1.29 is 18.3 Å². The van der Waals surface area contributed by atoms with E-state index in [1.165, 1.54) is 12.1 Å². The molecule has 19 heavy (non-hydrogen) atoms. The largest absolute Gasteiger partial charge is 0.480 e. The van der Waals surface area contributed by atoms with Crippen molar-refractivity contribution in [3.05, 3.63) is 28.7 Å². The van der Waals surface area contributed by atoms with Crippen LogP contribution >= 0.6 is 15.9 Å². The maximum atomic E-state index is 12.2. The third kappa shape index (κ3) is 4.29. The number of hydrogen-bond donors (Lipinski definition) is 2. The first-order valence-electron chi connectivity index (χ1n) is 5.55. The minimum absolute atomic E-state index is 0.0253. The molecule has 0 bridgehead atoms. The van der Waals surface area contributed by atoms with Gasteiger partial charge in [-0.15, -0.1) is 0 Å². The van der Waals surface area contributed by atoms with E-state index in [2.05, 4.69) is 20.7 Å². The summed E-state index contributed by atoms with van der Waals surface area (Å²) < 4.78 is 27.1. The van der Waals surface area contributed by atoms with Gasteiger partial charge in [0.2, 0.25) is 10.0 Å². The Morgan fingerprint density at radius 1 is 1.37 bits per heavy atom. The molecule has 0 unspecified atom stereocenters. The number of hydrogen-bond acceptors (Lipinski definition) is 3. The van der Waals surface area contributed by atoms with Gasteiger partial charge < -0.3 is 5.11 Å². The molecule has 1 atom stereocenters. The molecule has 106 valence electrons. The van der Waals surface area contributed by atoms with Crippen molar-refractivity contribution >= 4 is 31.9 Å². The summed E-state index contributed by atoms with van der Waals surface area (Å²) in [7, 11) is -3.87. The minimum Gasteiger partial charge on any atom is -0.480 e. The molecule has 0 aliphatic heterocycles. The Kier molecular flexibility index (Phi) is 4.76. The summed E-state index contributed by atoms with van der Waals surface area (Å²) in [6.45, 7) is 4.99. The van der Waals surface area contributed by atoms with Crippen molar-refractivity contribution in [1.82, 2.24) is 4.72 Å². The van der Waals surface area contributed by atoms with Crippen LogP contribution in [0.25, 0.3) is 0 Å². The van der Waals surface area contributed by atoms with Crippen LogP contribution in [0.2, 0.25) is 0 Å². The molecule has 0 heterocycles. The summed E-state index contributed by atoms with van der Waals surface area (Å²) in [5.74, 6) is -1.20. The summed E-state index contributed by atoms with van der Waals surface area (Å²) in [5, 5.41) is 9.14. The lowest BCUT2D eigenvalue weighted by atomic mass is 9.88. The molecule has 1 aromatic rings. The fourth-order valence-corrected chi connectivity index (χ4v) is 3.45. The predicted octanol–water partition coefficient (Wildman–Crippen LogP) is 2.23. The molecule has 0 aromatic heterocycles. The lowest BCUT2D eigenvalue weighted by molar-refractivity contribution is -0.141. The number of sulfonamides is 1. The van der Waals surface area contributed by atoms with Crippen molar-refractivity contribution in [3.8, 4) is 0 Å². The van der Waals surface area contributed by atoms with Crippen LogP contribution < -0.4 is 4.72 Å². The first-order chi connectivity index (χ1) is 8.54. The Labute approximate surface area is 121 Å². The fourth-order valence-electron chi connectivity index (χ4n) is 1.45. The highest BCUT2D eigenvalue weighted by molar-refractivity contribution is 9.10. The van der Waals surface area contributed by atoms with Gasteiger partial charge >= 0.3 is 5.97 Å². The minimum atomic E-state index is -3.87. The molecule has 0 saturated heterocycles. The lowest BCUT2D eigenvalue weighted by Gasteiger charge is -2.27. The van der Waals surface area contributed by atoms with Gasteiger partial charge in [-0.25, -0.2) is 8.42 Å². The third-order valence-corrected chi connectivity index (χ3v) is 4.41. The zero-order valence-electron chi connectivity index (χ0n) is 10.8. The number of nitrogens with one attached hydrogen (secondary N) is 1. The Balaban J connectivity index is 3.12. The number of carboxylic acids is 1. The zero-order chi connectivity index (χ0) is 14.8. The van der Waals surface area contributed by atoms with Crippen molar-refractivity contribution in [2.45, 2.75) is 31.7 Å². The van der Waals surface area contributed by atoms with Crippen molar-refractivity contribution in [2.24, 2.45) is 5.41 Å². The second-order valence-corrected chi connectivity index (χ2v) is 7.85. The molecule has 0 radical (unpaired) electrons. The topological polar surface area (TPSA) is 83.5 Å². The fraction of sp³-hybridized carbons (Fsp3) is 0.417. The van der Waals surface area contributed by atoms with E-state index in [0.717, 1.165) is 0 Å². The number of rotatable bonds is 4. The molecular weight excluding hydrogens is 334 g/mol. The van der Waals surface area contributed by atoms with Crippen LogP contribution in [-0.4, -0.2) is 25.5 Å². The molecule has 7 heteroatoms. The van der Waals surface area contributed by atoms with Crippen LogP contribution in [0.15, 0.2) is 33.6 Å². The molecule has 0 aliphatic rings. The molecule has 5 nitrogen and oxygen atoms in total. The van der Waals surface area contributed by atoms with Crippen LogP contribution in [0.3, 0.4) is 0 Å². The number of benzene rings is 1.